The highest BCUT2D eigenvalue weighted by Gasteiger charge is 2.24. The van der Waals surface area contributed by atoms with Gasteiger partial charge in [-0.25, -0.2) is 4.79 Å². The highest BCUT2D eigenvalue weighted by atomic mass is 32.2. The van der Waals surface area contributed by atoms with E-state index in [2.05, 4.69) is 10.3 Å². The Labute approximate surface area is 190 Å². The second kappa shape index (κ2) is 9.54. The Hall–Kier alpha value is -2.52. The van der Waals surface area contributed by atoms with Gasteiger partial charge in [0.1, 0.15) is 18.2 Å². The molecule has 0 radical (unpaired) electrons. The number of ether oxygens (including phenoxy) is 3. The third-order valence-corrected chi connectivity index (χ3v) is 7.04. The maximum absolute atomic E-state index is 12.8. The zero-order valence-electron chi connectivity index (χ0n) is 17.9. The number of amides is 1. The van der Waals surface area contributed by atoms with Crippen molar-refractivity contribution >= 4 is 23.4 Å². The maximum atomic E-state index is 12.8. The van der Waals surface area contributed by atoms with Crippen molar-refractivity contribution in [1.29, 1.82) is 0 Å². The number of thioether (sulfide) groups is 1. The highest BCUT2D eigenvalue weighted by molar-refractivity contribution is 8.00. The molecule has 0 unspecified atom stereocenters. The fourth-order valence-electron chi connectivity index (χ4n) is 4.50. The molecule has 1 aromatic carbocycles. The van der Waals surface area contributed by atoms with Gasteiger partial charge >= 0.3 is 5.69 Å². The fraction of sp³-hybridized carbons (Fsp3) is 0.522. The number of anilines is 1. The lowest BCUT2D eigenvalue weighted by molar-refractivity contribution is -0.113. The lowest BCUT2D eigenvalue weighted by Gasteiger charge is -2.24. The minimum Gasteiger partial charge on any atom is -0.486 e. The van der Waals surface area contributed by atoms with Crippen molar-refractivity contribution in [2.45, 2.75) is 56.2 Å². The van der Waals surface area contributed by atoms with E-state index in [0.29, 0.717) is 42.0 Å². The molecule has 3 heterocycles. The molecular weight excluding hydrogens is 430 g/mol. The van der Waals surface area contributed by atoms with Crippen molar-refractivity contribution in [2.24, 2.45) is 0 Å². The Morgan fingerprint density at radius 1 is 1.12 bits per heavy atom. The van der Waals surface area contributed by atoms with Crippen LogP contribution < -0.4 is 20.5 Å². The first-order valence-electron chi connectivity index (χ1n) is 11.2. The number of carbonyl (C=O) groups excluding carboxylic acids is 1. The van der Waals surface area contributed by atoms with Crippen molar-refractivity contribution < 1.29 is 19.0 Å². The van der Waals surface area contributed by atoms with Gasteiger partial charge < -0.3 is 19.5 Å². The van der Waals surface area contributed by atoms with Crippen molar-refractivity contribution in [1.82, 2.24) is 9.55 Å². The minimum absolute atomic E-state index is 0.0933. The van der Waals surface area contributed by atoms with Gasteiger partial charge in [0.25, 0.3) is 0 Å². The number of carbonyl (C=O) groups is 1. The maximum Gasteiger partial charge on any atom is 0.348 e. The van der Waals surface area contributed by atoms with Crippen LogP contribution in [0.3, 0.4) is 0 Å². The predicted octanol–water partition coefficient (Wildman–Crippen LogP) is 2.80. The number of hydrogen-bond acceptors (Lipinski definition) is 7. The van der Waals surface area contributed by atoms with Gasteiger partial charge in [0.15, 0.2) is 11.5 Å². The molecular formula is C23H27N3O5S. The number of rotatable bonds is 6. The van der Waals surface area contributed by atoms with Gasteiger partial charge in [0, 0.05) is 29.6 Å². The third kappa shape index (κ3) is 4.63. The van der Waals surface area contributed by atoms with Gasteiger partial charge in [-0.15, -0.1) is 0 Å². The molecule has 8 nitrogen and oxygen atoms in total. The quantitative estimate of drug-likeness (QED) is 0.527. The Kier molecular flexibility index (Phi) is 6.36. The van der Waals surface area contributed by atoms with E-state index >= 15 is 0 Å². The largest absolute Gasteiger partial charge is 0.486 e. The summed E-state index contributed by atoms with van der Waals surface area (Å²) in [7, 11) is 0. The van der Waals surface area contributed by atoms with Crippen molar-refractivity contribution in [3.63, 3.8) is 0 Å². The van der Waals surface area contributed by atoms with Crippen LogP contribution in [0, 0.1) is 0 Å². The molecule has 0 bridgehead atoms. The molecule has 1 amide bonds. The first-order chi connectivity index (χ1) is 15.7. The molecule has 170 valence electrons. The summed E-state index contributed by atoms with van der Waals surface area (Å²) in [6.45, 7) is 2.36. The SMILES string of the molecule is O=C(CSc1nc(=O)n(C[C@H]2CCCO2)c2c1CCCC2)Nc1ccc2c(c1)OCCO2. The van der Waals surface area contributed by atoms with Crippen molar-refractivity contribution in [2.75, 3.05) is 30.9 Å². The van der Waals surface area contributed by atoms with E-state index in [1.54, 1.807) is 18.2 Å². The lowest BCUT2D eigenvalue weighted by atomic mass is 9.97. The van der Waals surface area contributed by atoms with Crippen molar-refractivity contribution in [3.8, 4) is 11.5 Å². The predicted molar refractivity (Wildman–Crippen MR) is 121 cm³/mol. The molecule has 1 atom stereocenters. The van der Waals surface area contributed by atoms with Gasteiger partial charge in [-0.3, -0.25) is 9.36 Å². The van der Waals surface area contributed by atoms with E-state index in [4.69, 9.17) is 14.2 Å². The van der Waals surface area contributed by atoms with Crippen LogP contribution in [0.25, 0.3) is 0 Å². The number of nitrogens with zero attached hydrogens (tertiary/aromatic N) is 2. The van der Waals surface area contributed by atoms with Crippen LogP contribution in [0.15, 0.2) is 28.0 Å². The first-order valence-corrected chi connectivity index (χ1v) is 12.2. The van der Waals surface area contributed by atoms with Gasteiger partial charge in [-0.2, -0.15) is 4.98 Å². The molecule has 5 rings (SSSR count). The molecule has 1 N–H and O–H groups in total. The second-order valence-electron chi connectivity index (χ2n) is 8.27. The van der Waals surface area contributed by atoms with Crippen LogP contribution in [0.2, 0.25) is 0 Å². The fourth-order valence-corrected chi connectivity index (χ4v) is 5.38. The average molecular weight is 458 g/mol. The molecule has 1 aromatic heterocycles. The number of fused-ring (bicyclic) bond motifs is 2. The van der Waals surface area contributed by atoms with Crippen LogP contribution in [0.5, 0.6) is 11.5 Å². The summed E-state index contributed by atoms with van der Waals surface area (Å²) in [4.78, 5) is 29.8. The zero-order chi connectivity index (χ0) is 21.9. The molecule has 3 aliphatic rings. The van der Waals surface area contributed by atoms with E-state index in [1.807, 2.05) is 4.57 Å². The van der Waals surface area contributed by atoms with Crippen LogP contribution >= 0.6 is 11.8 Å². The zero-order valence-corrected chi connectivity index (χ0v) is 18.7. The molecule has 9 heteroatoms. The van der Waals surface area contributed by atoms with Crippen LogP contribution in [0.4, 0.5) is 5.69 Å². The number of aromatic nitrogens is 2. The monoisotopic (exact) mass is 457 g/mol. The van der Waals surface area contributed by atoms with Gasteiger partial charge in [0.2, 0.25) is 5.91 Å². The normalized spacial score (nSPS) is 19.4. The number of nitrogens with one attached hydrogen (secondary N) is 1. The molecule has 32 heavy (non-hydrogen) atoms. The van der Waals surface area contributed by atoms with E-state index in [9.17, 15) is 9.59 Å². The van der Waals surface area contributed by atoms with E-state index in [-0.39, 0.29) is 23.5 Å². The molecule has 0 saturated carbocycles. The molecule has 1 aliphatic carbocycles. The second-order valence-corrected chi connectivity index (χ2v) is 9.24. The molecule has 1 fully saturated rings. The van der Waals surface area contributed by atoms with E-state index in [1.165, 1.54) is 11.8 Å². The summed E-state index contributed by atoms with van der Waals surface area (Å²) in [6.07, 6.45) is 6.02. The van der Waals surface area contributed by atoms with Gasteiger partial charge in [-0.05, 0) is 50.7 Å². The number of hydrogen-bond donors (Lipinski definition) is 1. The topological polar surface area (TPSA) is 91.7 Å². The Morgan fingerprint density at radius 2 is 1.97 bits per heavy atom. The summed E-state index contributed by atoms with van der Waals surface area (Å²) in [5.74, 6) is 1.35. The summed E-state index contributed by atoms with van der Waals surface area (Å²) in [6, 6.07) is 5.36. The summed E-state index contributed by atoms with van der Waals surface area (Å²) >= 11 is 1.33. The molecule has 2 aliphatic heterocycles. The summed E-state index contributed by atoms with van der Waals surface area (Å²) < 4.78 is 18.6. The average Bonchev–Trinajstić information content (AvgIpc) is 3.33. The van der Waals surface area contributed by atoms with Gasteiger partial charge in [-0.1, -0.05) is 11.8 Å². The van der Waals surface area contributed by atoms with E-state index in [0.717, 1.165) is 56.4 Å². The van der Waals surface area contributed by atoms with Gasteiger partial charge in [0.05, 0.1) is 18.4 Å². The van der Waals surface area contributed by atoms with Crippen LogP contribution in [-0.4, -0.2) is 47.1 Å². The molecule has 2 aromatic rings. The lowest BCUT2D eigenvalue weighted by Crippen LogP contribution is -2.34. The highest BCUT2D eigenvalue weighted by Crippen LogP contribution is 2.33. The smallest absolute Gasteiger partial charge is 0.348 e. The third-order valence-electron chi connectivity index (χ3n) is 6.03. The van der Waals surface area contributed by atoms with Crippen LogP contribution in [-0.2, 0) is 28.9 Å². The standard InChI is InChI=1S/C23H27N3O5S/c27-21(24-15-7-8-19-20(12-15)31-11-10-30-19)14-32-22-17-5-1-2-6-18(17)26(23(28)25-22)13-16-4-3-9-29-16/h7-8,12,16H,1-6,9-11,13-14H2,(H,24,27)/t16-/m1/s1. The summed E-state index contributed by atoms with van der Waals surface area (Å²) in [5.41, 5.74) is 2.60. The van der Waals surface area contributed by atoms with Crippen molar-refractivity contribution in [3.05, 3.63) is 39.9 Å². The summed E-state index contributed by atoms with van der Waals surface area (Å²) in [5, 5.41) is 3.58. The van der Waals surface area contributed by atoms with E-state index < -0.39 is 0 Å². The molecule has 1 saturated heterocycles. The van der Waals surface area contributed by atoms with Crippen LogP contribution in [0.1, 0.15) is 36.9 Å². The number of benzene rings is 1. The molecule has 0 spiro atoms. The Balaban J connectivity index is 1.28. The minimum atomic E-state index is -0.240. The first kappa shape index (κ1) is 21.3. The Bertz CT molecular complexity index is 1060. The Morgan fingerprint density at radius 3 is 2.81 bits per heavy atom.